The van der Waals surface area contributed by atoms with Crippen LogP contribution in [0.3, 0.4) is 0 Å². The molecule has 0 saturated carbocycles. The number of hydrogen-bond acceptors (Lipinski definition) is 4. The molecule has 0 aliphatic rings. The minimum Gasteiger partial charge on any atom is -0.508 e. The van der Waals surface area contributed by atoms with Gasteiger partial charge in [0.15, 0.2) is 0 Å². The van der Waals surface area contributed by atoms with E-state index in [1.807, 2.05) is 0 Å². The number of aromatic hydroxyl groups is 1. The van der Waals surface area contributed by atoms with Crippen molar-refractivity contribution in [3.63, 3.8) is 0 Å². The van der Waals surface area contributed by atoms with Gasteiger partial charge >= 0.3 is 6.09 Å². The van der Waals surface area contributed by atoms with Crippen LogP contribution in [0.1, 0.15) is 39.4 Å². The van der Waals surface area contributed by atoms with Crippen molar-refractivity contribution in [2.75, 3.05) is 0 Å². The molecule has 0 bridgehead atoms. The van der Waals surface area contributed by atoms with Gasteiger partial charge in [0.25, 0.3) is 0 Å². The van der Waals surface area contributed by atoms with Crippen LogP contribution in [0.4, 0.5) is 4.79 Å². The molecule has 0 fully saturated rings. The Bertz CT molecular complexity index is 422. The number of carbonyl (C=O) groups is 1. The maximum atomic E-state index is 11.6. The quantitative estimate of drug-likeness (QED) is 0.785. The number of hydrogen-bond donors (Lipinski definition) is 3. The van der Waals surface area contributed by atoms with Crippen molar-refractivity contribution >= 4 is 6.09 Å². The Balaban J connectivity index is 2.60. The molecular formula is C14H21NO4. The van der Waals surface area contributed by atoms with Crippen molar-refractivity contribution in [3.8, 4) is 5.75 Å². The lowest BCUT2D eigenvalue weighted by Crippen LogP contribution is -2.40. The van der Waals surface area contributed by atoms with E-state index >= 15 is 0 Å². The summed E-state index contributed by atoms with van der Waals surface area (Å²) in [5, 5.41) is 21.8. The zero-order chi connectivity index (χ0) is 14.6. The first-order valence-corrected chi connectivity index (χ1v) is 6.15. The fourth-order valence-corrected chi connectivity index (χ4v) is 1.53. The maximum absolute atomic E-state index is 11.6. The molecular weight excluding hydrogens is 246 g/mol. The Morgan fingerprint density at radius 3 is 2.26 bits per heavy atom. The van der Waals surface area contributed by atoms with E-state index in [0.717, 1.165) is 0 Å². The van der Waals surface area contributed by atoms with Gasteiger partial charge in [0.05, 0.1) is 12.1 Å². The highest BCUT2D eigenvalue weighted by Gasteiger charge is 2.22. The summed E-state index contributed by atoms with van der Waals surface area (Å²) in [4.78, 5) is 11.6. The van der Waals surface area contributed by atoms with Gasteiger partial charge in [0.2, 0.25) is 0 Å². The number of nitrogens with one attached hydrogen (secondary N) is 1. The molecule has 1 rings (SSSR count). The summed E-state index contributed by atoms with van der Waals surface area (Å²) in [6, 6.07) is 5.68. The minimum absolute atomic E-state index is 0.128. The van der Waals surface area contributed by atoms with Crippen molar-refractivity contribution in [2.45, 2.75) is 45.4 Å². The van der Waals surface area contributed by atoms with Gasteiger partial charge < -0.3 is 20.3 Å². The summed E-state index contributed by atoms with van der Waals surface area (Å²) in [7, 11) is 0. The van der Waals surface area contributed by atoms with E-state index in [-0.39, 0.29) is 5.75 Å². The molecule has 0 spiro atoms. The first-order chi connectivity index (χ1) is 8.69. The monoisotopic (exact) mass is 267 g/mol. The second-order valence-electron chi connectivity index (χ2n) is 5.47. The fraction of sp³-hybridized carbons (Fsp3) is 0.500. The van der Waals surface area contributed by atoms with Gasteiger partial charge in [0.1, 0.15) is 11.4 Å². The highest BCUT2D eigenvalue weighted by atomic mass is 16.6. The lowest BCUT2D eigenvalue weighted by molar-refractivity contribution is 0.0435. The molecule has 1 aromatic rings. The third-order valence-corrected chi connectivity index (χ3v) is 2.45. The van der Waals surface area contributed by atoms with Crippen molar-refractivity contribution < 1.29 is 19.7 Å². The van der Waals surface area contributed by atoms with Crippen molar-refractivity contribution in [2.24, 2.45) is 0 Å². The van der Waals surface area contributed by atoms with Crippen LogP contribution in [0.2, 0.25) is 0 Å². The first-order valence-electron chi connectivity index (χ1n) is 6.15. The smallest absolute Gasteiger partial charge is 0.407 e. The molecule has 19 heavy (non-hydrogen) atoms. The van der Waals surface area contributed by atoms with Gasteiger partial charge in [-0.1, -0.05) is 12.1 Å². The maximum Gasteiger partial charge on any atom is 0.407 e. The second kappa shape index (κ2) is 5.93. The van der Waals surface area contributed by atoms with E-state index in [4.69, 9.17) is 4.74 Å². The number of aliphatic hydroxyl groups excluding tert-OH is 1. The number of phenolic OH excluding ortho intramolecular Hbond substituents is 1. The van der Waals surface area contributed by atoms with Crippen LogP contribution in [0.5, 0.6) is 5.75 Å². The number of aliphatic hydroxyl groups is 1. The molecule has 0 aromatic heterocycles. The number of carbonyl (C=O) groups excluding carboxylic acids is 1. The fourth-order valence-electron chi connectivity index (χ4n) is 1.53. The summed E-state index contributed by atoms with van der Waals surface area (Å²) in [6.45, 7) is 7.00. The Labute approximate surface area is 113 Å². The molecule has 0 aliphatic carbocycles. The topological polar surface area (TPSA) is 78.8 Å². The number of rotatable bonds is 3. The Hall–Kier alpha value is -1.75. The van der Waals surface area contributed by atoms with Crippen molar-refractivity contribution in [1.82, 2.24) is 5.32 Å². The summed E-state index contributed by atoms with van der Waals surface area (Å²) in [5.74, 6) is 0.128. The zero-order valence-corrected chi connectivity index (χ0v) is 11.7. The molecule has 0 aliphatic heterocycles. The second-order valence-corrected chi connectivity index (χ2v) is 5.47. The number of benzene rings is 1. The summed E-state index contributed by atoms with van der Waals surface area (Å²) in [5.41, 5.74) is 0.0363. The number of amides is 1. The zero-order valence-electron chi connectivity index (χ0n) is 11.7. The summed E-state index contributed by atoms with van der Waals surface area (Å²) >= 11 is 0. The molecule has 106 valence electrons. The average molecular weight is 267 g/mol. The molecule has 0 saturated heterocycles. The van der Waals surface area contributed by atoms with Gasteiger partial charge in [0, 0.05) is 0 Å². The number of phenols is 1. The van der Waals surface area contributed by atoms with Gasteiger partial charge in [-0.2, -0.15) is 0 Å². The van der Waals surface area contributed by atoms with Crippen molar-refractivity contribution in [3.05, 3.63) is 29.8 Å². The molecule has 3 N–H and O–H groups in total. The van der Waals surface area contributed by atoms with Gasteiger partial charge in [-0.25, -0.2) is 4.79 Å². The molecule has 0 heterocycles. The number of alkyl carbamates (subject to hydrolysis) is 1. The van der Waals surface area contributed by atoms with Gasteiger partial charge in [-0.3, -0.25) is 0 Å². The number of ether oxygens (including phenoxy) is 1. The SMILES string of the molecule is C[C@H](NC(=O)OC(C)(C)C)[C@@H](O)c1ccc(O)cc1. The van der Waals surface area contributed by atoms with Crippen LogP contribution in [0, 0.1) is 0 Å². The van der Waals surface area contributed by atoms with Gasteiger partial charge in [-0.15, -0.1) is 0 Å². The molecule has 1 amide bonds. The molecule has 2 atom stereocenters. The summed E-state index contributed by atoms with van der Waals surface area (Å²) in [6.07, 6.45) is -1.44. The largest absolute Gasteiger partial charge is 0.508 e. The summed E-state index contributed by atoms with van der Waals surface area (Å²) < 4.78 is 5.11. The van der Waals surface area contributed by atoms with Crippen molar-refractivity contribution in [1.29, 1.82) is 0 Å². The normalized spacial score (nSPS) is 14.6. The third-order valence-electron chi connectivity index (χ3n) is 2.45. The Morgan fingerprint density at radius 2 is 1.79 bits per heavy atom. The minimum atomic E-state index is -0.867. The molecule has 0 unspecified atom stereocenters. The standard InChI is InChI=1S/C14H21NO4/c1-9(15-13(18)19-14(2,3)4)12(17)10-5-7-11(16)8-6-10/h5-9,12,16-17H,1-4H3,(H,15,18)/t9-,12+/m0/s1. The van der Waals surface area contributed by atoms with Crippen LogP contribution >= 0.6 is 0 Å². The highest BCUT2D eigenvalue weighted by molar-refractivity contribution is 5.68. The van der Waals surface area contributed by atoms with E-state index in [1.165, 1.54) is 12.1 Å². The molecule has 0 radical (unpaired) electrons. The first kappa shape index (κ1) is 15.3. The molecule has 1 aromatic carbocycles. The van der Waals surface area contributed by atoms with E-state index in [2.05, 4.69) is 5.32 Å². The van der Waals surface area contributed by atoms with Gasteiger partial charge in [-0.05, 0) is 45.4 Å². The third kappa shape index (κ3) is 5.18. The van der Waals surface area contributed by atoms with E-state index in [1.54, 1.807) is 39.8 Å². The van der Waals surface area contributed by atoms with Crippen LogP contribution in [0.25, 0.3) is 0 Å². The predicted molar refractivity (Wildman–Crippen MR) is 71.9 cm³/mol. The van der Waals surface area contributed by atoms with E-state index in [0.29, 0.717) is 5.56 Å². The molecule has 5 nitrogen and oxygen atoms in total. The van der Waals surface area contributed by atoms with E-state index in [9.17, 15) is 15.0 Å². The average Bonchev–Trinajstić information content (AvgIpc) is 2.26. The van der Waals surface area contributed by atoms with Crippen LogP contribution in [-0.2, 0) is 4.74 Å². The van der Waals surface area contributed by atoms with Crippen LogP contribution in [0.15, 0.2) is 24.3 Å². The van der Waals surface area contributed by atoms with Crippen LogP contribution < -0.4 is 5.32 Å². The van der Waals surface area contributed by atoms with Crippen LogP contribution in [-0.4, -0.2) is 27.9 Å². The Kier molecular flexibility index (Phi) is 4.78. The molecule has 5 heteroatoms. The Morgan fingerprint density at radius 1 is 1.26 bits per heavy atom. The van der Waals surface area contributed by atoms with E-state index < -0.39 is 23.8 Å². The highest BCUT2D eigenvalue weighted by Crippen LogP contribution is 2.19. The lowest BCUT2D eigenvalue weighted by atomic mass is 10.0. The predicted octanol–water partition coefficient (Wildman–Crippen LogP) is 2.34. The lowest BCUT2D eigenvalue weighted by Gasteiger charge is -2.24.